The van der Waals surface area contributed by atoms with Crippen molar-refractivity contribution in [3.05, 3.63) is 190 Å². The standard InChI is InChI=1S/C43H42/c1-6-16-30(2)41-31(3)25-39-27-36(32(4)42(39)43(41,5)24-23-33-17-10-7-11-18-33)26-38-28-37(34-19-12-8-13-20-34)29-40(38)35-21-14-9-15-22-35/h7-15,17-26,28-29,37,42H,2,4,6,16,27H2,1,3,5H3/b24-23+,36-26+/t37?,42?,43-/m1/s1. The molecule has 0 N–H and O–H groups in total. The Morgan fingerprint density at radius 1 is 0.907 bits per heavy atom. The molecule has 0 heterocycles. The van der Waals surface area contributed by atoms with Crippen LogP contribution in [-0.2, 0) is 0 Å². The van der Waals surface area contributed by atoms with Gasteiger partial charge in [-0.3, -0.25) is 0 Å². The van der Waals surface area contributed by atoms with Crippen LogP contribution in [0.5, 0.6) is 0 Å². The van der Waals surface area contributed by atoms with Crippen molar-refractivity contribution in [3.8, 4) is 0 Å². The van der Waals surface area contributed by atoms with Crippen molar-refractivity contribution < 1.29 is 0 Å². The van der Waals surface area contributed by atoms with Gasteiger partial charge >= 0.3 is 0 Å². The van der Waals surface area contributed by atoms with Crippen LogP contribution >= 0.6 is 0 Å². The van der Waals surface area contributed by atoms with Gasteiger partial charge in [0.05, 0.1) is 0 Å². The van der Waals surface area contributed by atoms with Gasteiger partial charge in [0.1, 0.15) is 0 Å². The molecule has 0 aromatic heterocycles. The smallest absolute Gasteiger partial charge is 0.0218 e. The van der Waals surface area contributed by atoms with E-state index in [2.05, 4.69) is 155 Å². The minimum atomic E-state index is -0.225. The number of benzene rings is 3. The Morgan fingerprint density at radius 2 is 1.56 bits per heavy atom. The van der Waals surface area contributed by atoms with Gasteiger partial charge in [-0.05, 0) is 69.9 Å². The number of rotatable bonds is 8. The molecule has 214 valence electrons. The first kappa shape index (κ1) is 28.7. The normalized spacial score (nSPS) is 24.3. The Labute approximate surface area is 258 Å². The fraction of sp³-hybridized carbons (Fsp3) is 0.209. The molecule has 0 nitrogen and oxygen atoms in total. The first-order valence-corrected chi connectivity index (χ1v) is 15.7. The van der Waals surface area contributed by atoms with Crippen LogP contribution in [0.2, 0.25) is 0 Å². The molecule has 0 bridgehead atoms. The molecule has 3 atom stereocenters. The molecule has 6 rings (SSSR count). The van der Waals surface area contributed by atoms with E-state index in [1.807, 2.05) is 0 Å². The molecule has 0 heteroatoms. The largest absolute Gasteiger partial charge is 0.0955 e. The topological polar surface area (TPSA) is 0 Å². The Hall–Kier alpha value is -4.42. The van der Waals surface area contributed by atoms with Gasteiger partial charge < -0.3 is 0 Å². The van der Waals surface area contributed by atoms with Crippen molar-refractivity contribution in [2.24, 2.45) is 11.3 Å². The van der Waals surface area contributed by atoms with Gasteiger partial charge in [0.15, 0.2) is 0 Å². The van der Waals surface area contributed by atoms with Crippen LogP contribution in [0, 0.1) is 11.3 Å². The molecule has 3 aliphatic carbocycles. The molecule has 1 saturated carbocycles. The SMILES string of the molecule is C=C(CCC)C1=C(C)C=C2C/C(=C\C3=CC(c4ccccc4)C=C3c3ccccc3)C(=C)C2[C@]1(C)/C=C/c1ccccc1. The van der Waals surface area contributed by atoms with E-state index < -0.39 is 0 Å². The summed E-state index contributed by atoms with van der Waals surface area (Å²) in [6.45, 7) is 16.3. The van der Waals surface area contributed by atoms with E-state index >= 15 is 0 Å². The first-order chi connectivity index (χ1) is 20.9. The highest BCUT2D eigenvalue weighted by molar-refractivity contribution is 5.86. The fourth-order valence-corrected chi connectivity index (χ4v) is 7.56. The second-order valence-electron chi connectivity index (χ2n) is 12.5. The lowest BCUT2D eigenvalue weighted by Crippen LogP contribution is -2.32. The van der Waals surface area contributed by atoms with Crippen LogP contribution in [-0.4, -0.2) is 0 Å². The monoisotopic (exact) mass is 558 g/mol. The maximum atomic E-state index is 4.81. The zero-order chi connectivity index (χ0) is 30.0. The Kier molecular flexibility index (Phi) is 8.04. The summed E-state index contributed by atoms with van der Waals surface area (Å²) in [5.41, 5.74) is 14.2. The zero-order valence-corrected chi connectivity index (χ0v) is 25.8. The summed E-state index contributed by atoms with van der Waals surface area (Å²) in [5.74, 6) is 0.466. The van der Waals surface area contributed by atoms with E-state index in [-0.39, 0.29) is 17.3 Å². The van der Waals surface area contributed by atoms with Crippen LogP contribution < -0.4 is 0 Å². The number of hydrogen-bond acceptors (Lipinski definition) is 0. The molecule has 1 fully saturated rings. The van der Waals surface area contributed by atoms with Crippen LogP contribution in [0.1, 0.15) is 62.6 Å². The van der Waals surface area contributed by atoms with Crippen molar-refractivity contribution in [1.82, 2.24) is 0 Å². The quantitative estimate of drug-likeness (QED) is 0.258. The molecular formula is C43H42. The van der Waals surface area contributed by atoms with Crippen molar-refractivity contribution in [2.45, 2.75) is 46.0 Å². The number of hydrogen-bond donors (Lipinski definition) is 0. The van der Waals surface area contributed by atoms with Gasteiger partial charge in [-0.2, -0.15) is 0 Å². The van der Waals surface area contributed by atoms with Gasteiger partial charge in [-0.25, -0.2) is 0 Å². The molecule has 0 amide bonds. The molecule has 0 radical (unpaired) electrons. The van der Waals surface area contributed by atoms with Crippen LogP contribution in [0.3, 0.4) is 0 Å². The predicted molar refractivity (Wildman–Crippen MR) is 185 cm³/mol. The molecule has 3 aromatic carbocycles. The highest BCUT2D eigenvalue weighted by atomic mass is 14.5. The van der Waals surface area contributed by atoms with Gasteiger partial charge in [0.2, 0.25) is 0 Å². The molecule has 43 heavy (non-hydrogen) atoms. The minimum Gasteiger partial charge on any atom is -0.0955 e. The van der Waals surface area contributed by atoms with Crippen molar-refractivity contribution in [3.63, 3.8) is 0 Å². The van der Waals surface area contributed by atoms with E-state index in [0.717, 1.165) is 19.3 Å². The van der Waals surface area contributed by atoms with Gasteiger partial charge in [-0.1, -0.05) is 172 Å². The summed E-state index contributed by atoms with van der Waals surface area (Å²) in [6.07, 6.45) is 17.5. The number of fused-ring (bicyclic) bond motifs is 1. The Morgan fingerprint density at radius 3 is 2.23 bits per heavy atom. The molecule has 2 unspecified atom stereocenters. The second-order valence-corrected chi connectivity index (χ2v) is 12.5. The van der Waals surface area contributed by atoms with Crippen molar-refractivity contribution >= 4 is 11.6 Å². The van der Waals surface area contributed by atoms with Crippen molar-refractivity contribution in [1.29, 1.82) is 0 Å². The summed E-state index contributed by atoms with van der Waals surface area (Å²) in [4.78, 5) is 0. The lowest BCUT2D eigenvalue weighted by Gasteiger charge is -2.42. The molecule has 3 aliphatic rings. The average Bonchev–Trinajstić information content (AvgIpc) is 3.58. The molecule has 0 saturated heterocycles. The lowest BCUT2D eigenvalue weighted by molar-refractivity contribution is 0.407. The van der Waals surface area contributed by atoms with Crippen LogP contribution in [0.15, 0.2) is 174 Å². The van der Waals surface area contributed by atoms with E-state index in [4.69, 9.17) is 6.58 Å². The van der Waals surface area contributed by atoms with Crippen LogP contribution in [0.25, 0.3) is 11.6 Å². The maximum absolute atomic E-state index is 4.81. The molecule has 0 spiro atoms. The molecule has 3 aromatic rings. The Balaban J connectivity index is 1.42. The fourth-order valence-electron chi connectivity index (χ4n) is 7.56. The predicted octanol–water partition coefficient (Wildman–Crippen LogP) is 11.6. The molecule has 0 aliphatic heterocycles. The van der Waals surface area contributed by atoms with E-state index in [1.165, 1.54) is 61.3 Å². The van der Waals surface area contributed by atoms with Gasteiger partial charge in [0.25, 0.3) is 0 Å². The lowest BCUT2D eigenvalue weighted by atomic mass is 9.61. The summed E-state index contributed by atoms with van der Waals surface area (Å²) < 4.78 is 0. The van der Waals surface area contributed by atoms with Crippen LogP contribution in [0.4, 0.5) is 0 Å². The summed E-state index contributed by atoms with van der Waals surface area (Å²) in [7, 11) is 0. The average molecular weight is 559 g/mol. The minimum absolute atomic E-state index is 0.210. The highest BCUT2D eigenvalue weighted by Crippen LogP contribution is 2.58. The second kappa shape index (κ2) is 12.1. The van der Waals surface area contributed by atoms with E-state index in [1.54, 1.807) is 0 Å². The molecular weight excluding hydrogens is 516 g/mol. The van der Waals surface area contributed by atoms with E-state index in [9.17, 15) is 0 Å². The third-order valence-corrected chi connectivity index (χ3v) is 9.40. The van der Waals surface area contributed by atoms with Crippen molar-refractivity contribution in [2.75, 3.05) is 0 Å². The number of allylic oxidation sites excluding steroid dienone is 13. The maximum Gasteiger partial charge on any atom is 0.0218 e. The Bertz CT molecular complexity index is 1720. The third kappa shape index (κ3) is 5.55. The van der Waals surface area contributed by atoms with E-state index in [0.29, 0.717) is 0 Å². The first-order valence-electron chi connectivity index (χ1n) is 15.7. The van der Waals surface area contributed by atoms with Gasteiger partial charge in [-0.15, -0.1) is 0 Å². The zero-order valence-electron chi connectivity index (χ0n) is 25.8. The summed E-state index contributed by atoms with van der Waals surface area (Å²) in [6, 6.07) is 32.3. The highest BCUT2D eigenvalue weighted by Gasteiger charge is 2.46. The summed E-state index contributed by atoms with van der Waals surface area (Å²) >= 11 is 0. The van der Waals surface area contributed by atoms with Gasteiger partial charge in [0, 0.05) is 17.3 Å². The third-order valence-electron chi connectivity index (χ3n) is 9.40. The summed E-state index contributed by atoms with van der Waals surface area (Å²) in [5, 5.41) is 0.